The summed E-state index contributed by atoms with van der Waals surface area (Å²) in [5.74, 6) is -0.973. The zero-order chi connectivity index (χ0) is 12.6. The molecule has 1 atom stereocenters. The van der Waals surface area contributed by atoms with Gasteiger partial charge in [0.05, 0.1) is 20.6 Å². The summed E-state index contributed by atoms with van der Waals surface area (Å²) in [7, 11) is 2.63. The highest BCUT2D eigenvalue weighted by atomic mass is 16.5. The van der Waals surface area contributed by atoms with E-state index in [9.17, 15) is 9.59 Å². The molecule has 0 N–H and O–H groups in total. The molecule has 90 valence electrons. The molecule has 0 aliphatic heterocycles. The first-order chi connectivity index (χ1) is 7.60. The minimum absolute atomic E-state index is 0.168. The summed E-state index contributed by atoms with van der Waals surface area (Å²) in [6, 6.07) is 0. The predicted octanol–water partition coefficient (Wildman–Crippen LogP) is 1.86. The number of esters is 2. The van der Waals surface area contributed by atoms with Crippen LogP contribution in [0.5, 0.6) is 0 Å². The number of rotatable bonds is 6. The lowest BCUT2D eigenvalue weighted by atomic mass is 9.92. The molecule has 16 heavy (non-hydrogen) atoms. The van der Waals surface area contributed by atoms with E-state index in [0.717, 1.165) is 0 Å². The molecule has 0 spiro atoms. The normalized spacial score (nSPS) is 12.8. The zero-order valence-electron chi connectivity index (χ0n) is 9.99. The van der Waals surface area contributed by atoms with Crippen LogP contribution in [-0.2, 0) is 19.1 Å². The average Bonchev–Trinajstić information content (AvgIpc) is 2.32. The van der Waals surface area contributed by atoms with Crippen molar-refractivity contribution in [1.29, 1.82) is 0 Å². The van der Waals surface area contributed by atoms with E-state index in [2.05, 4.69) is 16.1 Å². The summed E-state index contributed by atoms with van der Waals surface area (Å²) >= 11 is 0. The van der Waals surface area contributed by atoms with Crippen molar-refractivity contribution in [1.82, 2.24) is 0 Å². The predicted molar refractivity (Wildman–Crippen MR) is 60.7 cm³/mol. The molecule has 0 saturated carbocycles. The molecule has 0 aliphatic rings. The second-order valence-electron chi connectivity index (χ2n) is 3.23. The van der Waals surface area contributed by atoms with Crippen LogP contribution in [0.15, 0.2) is 24.3 Å². The first-order valence-corrected chi connectivity index (χ1v) is 5.08. The lowest BCUT2D eigenvalue weighted by Gasteiger charge is -2.15. The van der Waals surface area contributed by atoms with Crippen molar-refractivity contribution in [3.63, 3.8) is 0 Å². The Morgan fingerprint density at radius 2 is 1.94 bits per heavy atom. The zero-order valence-corrected chi connectivity index (χ0v) is 9.99. The third-order valence-corrected chi connectivity index (χ3v) is 2.29. The molecule has 1 unspecified atom stereocenters. The number of carbonyl (C=O) groups excluding carboxylic acids is 2. The molecular formula is C12H18O4. The van der Waals surface area contributed by atoms with Gasteiger partial charge in [0.25, 0.3) is 0 Å². The van der Waals surface area contributed by atoms with Gasteiger partial charge in [0.2, 0.25) is 0 Å². The van der Waals surface area contributed by atoms with E-state index in [4.69, 9.17) is 0 Å². The molecule has 0 saturated heterocycles. The Labute approximate surface area is 95.9 Å². The molecule has 0 rings (SSSR count). The fourth-order valence-electron chi connectivity index (χ4n) is 1.37. The Hall–Kier alpha value is -1.58. The monoisotopic (exact) mass is 226 g/mol. The van der Waals surface area contributed by atoms with Crippen LogP contribution < -0.4 is 0 Å². The summed E-state index contributed by atoms with van der Waals surface area (Å²) in [6.45, 7) is 5.43. The van der Waals surface area contributed by atoms with E-state index in [0.29, 0.717) is 12.0 Å². The van der Waals surface area contributed by atoms with Gasteiger partial charge in [-0.05, 0) is 6.42 Å². The van der Waals surface area contributed by atoms with Gasteiger partial charge in [0.1, 0.15) is 0 Å². The molecule has 0 aromatic rings. The Morgan fingerprint density at radius 1 is 1.31 bits per heavy atom. The quantitative estimate of drug-likeness (QED) is 0.394. The first-order valence-electron chi connectivity index (χ1n) is 5.08. The molecule has 0 bridgehead atoms. The summed E-state index contributed by atoms with van der Waals surface area (Å²) in [4.78, 5) is 22.7. The minimum Gasteiger partial charge on any atom is -0.469 e. The molecule has 0 aromatic carbocycles. The van der Waals surface area contributed by atoms with Gasteiger partial charge in [0, 0.05) is 11.5 Å². The topological polar surface area (TPSA) is 52.6 Å². The molecule has 0 amide bonds. The van der Waals surface area contributed by atoms with Gasteiger partial charge in [-0.1, -0.05) is 25.7 Å². The number of carbonyl (C=O) groups is 2. The number of hydrogen-bond donors (Lipinski definition) is 0. The maximum atomic E-state index is 11.5. The molecule has 4 heteroatoms. The van der Waals surface area contributed by atoms with E-state index < -0.39 is 5.97 Å². The largest absolute Gasteiger partial charge is 0.469 e. The smallest absolute Gasteiger partial charge is 0.334 e. The number of ether oxygens (including phenoxy) is 2. The Morgan fingerprint density at radius 3 is 2.31 bits per heavy atom. The second-order valence-corrected chi connectivity index (χ2v) is 3.23. The maximum Gasteiger partial charge on any atom is 0.334 e. The van der Waals surface area contributed by atoms with E-state index >= 15 is 0 Å². The van der Waals surface area contributed by atoms with Crippen LogP contribution in [0.1, 0.15) is 19.8 Å². The average molecular weight is 226 g/mol. The third kappa shape index (κ3) is 4.29. The summed E-state index contributed by atoms with van der Waals surface area (Å²) < 4.78 is 9.24. The third-order valence-electron chi connectivity index (χ3n) is 2.29. The molecule has 0 aliphatic carbocycles. The van der Waals surface area contributed by atoms with Gasteiger partial charge in [-0.3, -0.25) is 4.79 Å². The number of allylic oxidation sites excluding steroid dienone is 2. The SMILES string of the molecule is C=CC=C(C(=O)OC)C(CC)CC(=O)OC. The van der Waals surface area contributed by atoms with Gasteiger partial charge in [-0.2, -0.15) is 0 Å². The van der Waals surface area contributed by atoms with Crippen LogP contribution in [-0.4, -0.2) is 26.2 Å². The van der Waals surface area contributed by atoms with Gasteiger partial charge in [-0.25, -0.2) is 4.79 Å². The van der Waals surface area contributed by atoms with Gasteiger partial charge < -0.3 is 9.47 Å². The van der Waals surface area contributed by atoms with E-state index in [1.165, 1.54) is 20.3 Å². The van der Waals surface area contributed by atoms with Crippen molar-refractivity contribution in [2.45, 2.75) is 19.8 Å². The number of hydrogen-bond acceptors (Lipinski definition) is 4. The lowest BCUT2D eigenvalue weighted by molar-refractivity contribution is -0.141. The van der Waals surface area contributed by atoms with Crippen LogP contribution >= 0.6 is 0 Å². The minimum atomic E-state index is -0.435. The standard InChI is InChI=1S/C12H18O4/c1-5-7-10(12(14)16-4)9(6-2)8-11(13)15-3/h5,7,9H,1,6,8H2,2-4H3. The van der Waals surface area contributed by atoms with Crippen molar-refractivity contribution in [3.05, 3.63) is 24.3 Å². The Balaban J connectivity index is 4.85. The van der Waals surface area contributed by atoms with Crippen LogP contribution in [0.4, 0.5) is 0 Å². The van der Waals surface area contributed by atoms with Crippen molar-refractivity contribution in [2.24, 2.45) is 5.92 Å². The van der Waals surface area contributed by atoms with Crippen LogP contribution in [0.2, 0.25) is 0 Å². The van der Waals surface area contributed by atoms with E-state index in [-0.39, 0.29) is 18.3 Å². The second kappa shape index (κ2) is 7.68. The van der Waals surface area contributed by atoms with Crippen molar-refractivity contribution in [3.8, 4) is 0 Å². The van der Waals surface area contributed by atoms with Crippen molar-refractivity contribution < 1.29 is 19.1 Å². The number of methoxy groups -OCH3 is 2. The lowest BCUT2D eigenvalue weighted by Crippen LogP contribution is -2.18. The van der Waals surface area contributed by atoms with Gasteiger partial charge in [0.15, 0.2) is 0 Å². The highest BCUT2D eigenvalue weighted by molar-refractivity contribution is 5.90. The summed E-state index contributed by atoms with van der Waals surface area (Å²) in [6.07, 6.45) is 3.90. The molecular weight excluding hydrogens is 208 g/mol. The summed E-state index contributed by atoms with van der Waals surface area (Å²) in [5.41, 5.74) is 0.449. The van der Waals surface area contributed by atoms with Gasteiger partial charge in [-0.15, -0.1) is 0 Å². The summed E-state index contributed by atoms with van der Waals surface area (Å²) in [5, 5.41) is 0. The highest BCUT2D eigenvalue weighted by Crippen LogP contribution is 2.21. The highest BCUT2D eigenvalue weighted by Gasteiger charge is 2.22. The fourth-order valence-corrected chi connectivity index (χ4v) is 1.37. The Kier molecular flexibility index (Phi) is 6.92. The fraction of sp³-hybridized carbons (Fsp3) is 0.500. The van der Waals surface area contributed by atoms with Crippen molar-refractivity contribution >= 4 is 11.9 Å². The first kappa shape index (κ1) is 14.4. The van der Waals surface area contributed by atoms with Gasteiger partial charge >= 0.3 is 11.9 Å². The molecule has 0 heterocycles. The van der Waals surface area contributed by atoms with Crippen LogP contribution in [0.3, 0.4) is 0 Å². The van der Waals surface area contributed by atoms with E-state index in [1.807, 2.05) is 6.92 Å². The molecule has 4 nitrogen and oxygen atoms in total. The maximum absolute atomic E-state index is 11.5. The Bertz CT molecular complexity index is 291. The molecule has 0 aromatic heterocycles. The van der Waals surface area contributed by atoms with Crippen LogP contribution in [0.25, 0.3) is 0 Å². The molecule has 0 radical (unpaired) electrons. The molecule has 0 fully saturated rings. The van der Waals surface area contributed by atoms with Crippen molar-refractivity contribution in [2.75, 3.05) is 14.2 Å². The van der Waals surface area contributed by atoms with E-state index in [1.54, 1.807) is 6.08 Å². The van der Waals surface area contributed by atoms with Crippen LogP contribution in [0, 0.1) is 5.92 Å².